The van der Waals surface area contributed by atoms with Gasteiger partial charge in [-0.1, -0.05) is 13.8 Å². The van der Waals surface area contributed by atoms with E-state index in [4.69, 9.17) is 0 Å². The van der Waals surface area contributed by atoms with E-state index in [0.29, 0.717) is 5.92 Å². The maximum absolute atomic E-state index is 12.3. The van der Waals surface area contributed by atoms with E-state index in [2.05, 4.69) is 53.4 Å². The van der Waals surface area contributed by atoms with Crippen LogP contribution in [0.1, 0.15) is 39.3 Å². The Morgan fingerprint density at radius 2 is 1.85 bits per heavy atom. The summed E-state index contributed by atoms with van der Waals surface area (Å²) in [6, 6.07) is 1.95. The van der Waals surface area contributed by atoms with Gasteiger partial charge in [-0.15, -0.1) is 0 Å². The number of hydrogen-bond donors (Lipinski definition) is 2. The van der Waals surface area contributed by atoms with E-state index in [1.54, 1.807) is 4.68 Å². The van der Waals surface area contributed by atoms with E-state index in [1.165, 1.54) is 0 Å². The van der Waals surface area contributed by atoms with Crippen molar-refractivity contribution < 1.29 is 4.79 Å². The largest absolute Gasteiger partial charge is 0.335 e. The molecule has 1 atom stereocenters. The number of carbonyl (C=O) groups excluding carboxylic acids is 1. The Kier molecular flexibility index (Phi) is 7.90. The molecule has 0 aliphatic carbocycles. The molecule has 7 nitrogen and oxygen atoms in total. The molecule has 0 spiro atoms. The smallest absolute Gasteiger partial charge is 0.320 e. The van der Waals surface area contributed by atoms with Gasteiger partial charge < -0.3 is 15.1 Å². The summed E-state index contributed by atoms with van der Waals surface area (Å²) in [7, 11) is 4.03. The van der Waals surface area contributed by atoms with Crippen molar-refractivity contribution in [1.82, 2.24) is 24.9 Å². The molecule has 1 aliphatic heterocycles. The number of nitrogens with one attached hydrogen (secondary N) is 2. The molecule has 0 aromatic carbocycles. The molecule has 1 fully saturated rings. The van der Waals surface area contributed by atoms with Crippen molar-refractivity contribution in [2.75, 3.05) is 45.1 Å². The van der Waals surface area contributed by atoms with Gasteiger partial charge in [0.15, 0.2) is 0 Å². The number of carbonyl (C=O) groups is 1. The summed E-state index contributed by atoms with van der Waals surface area (Å²) in [5, 5.41) is 10.4. The molecular weight excluding hydrogens is 328 g/mol. The summed E-state index contributed by atoms with van der Waals surface area (Å²) in [6.45, 7) is 12.0. The third kappa shape index (κ3) is 6.96. The lowest BCUT2D eigenvalue weighted by atomic mass is 10.1. The van der Waals surface area contributed by atoms with Crippen LogP contribution in [-0.2, 0) is 13.5 Å². The lowest BCUT2D eigenvalue weighted by molar-refractivity contribution is 0.150. The molecule has 148 valence electrons. The number of nitrogens with zero attached hydrogens (tertiary/aromatic N) is 4. The molecule has 2 N–H and O–H groups in total. The predicted octanol–water partition coefficient (Wildman–Crippen LogP) is 2.16. The Hall–Kier alpha value is -1.60. The number of aromatic nitrogens is 2. The summed E-state index contributed by atoms with van der Waals surface area (Å²) >= 11 is 0. The summed E-state index contributed by atoms with van der Waals surface area (Å²) in [5.41, 5.74) is 1.03. The van der Waals surface area contributed by atoms with Gasteiger partial charge >= 0.3 is 6.03 Å². The van der Waals surface area contributed by atoms with E-state index in [-0.39, 0.29) is 12.1 Å². The number of amides is 2. The first kappa shape index (κ1) is 20.7. The fraction of sp³-hybridized carbons (Fsp3) is 0.789. The number of hydrogen-bond acceptors (Lipinski definition) is 4. The monoisotopic (exact) mass is 364 g/mol. The highest BCUT2D eigenvalue weighted by atomic mass is 16.2. The molecule has 0 radical (unpaired) electrons. The maximum Gasteiger partial charge on any atom is 0.320 e. The minimum Gasteiger partial charge on any atom is -0.335 e. The summed E-state index contributed by atoms with van der Waals surface area (Å²) in [5.74, 6) is 1.39. The zero-order chi connectivity index (χ0) is 19.1. The van der Waals surface area contributed by atoms with Gasteiger partial charge in [0.25, 0.3) is 0 Å². The summed E-state index contributed by atoms with van der Waals surface area (Å²) in [6.07, 6.45) is 3.00. The van der Waals surface area contributed by atoms with Gasteiger partial charge in [0.05, 0.1) is 5.69 Å². The SMILES string of the molecule is CC(C)CCc1cc(NC(=O)N[C@H](C)CCN2CCN(C)CC2)n(C)n1. The highest BCUT2D eigenvalue weighted by Gasteiger charge is 2.16. The van der Waals surface area contributed by atoms with Gasteiger partial charge in [0.1, 0.15) is 5.82 Å². The molecule has 1 aromatic heterocycles. The van der Waals surface area contributed by atoms with Gasteiger partial charge in [0.2, 0.25) is 0 Å². The second kappa shape index (κ2) is 9.92. The van der Waals surface area contributed by atoms with Crippen molar-refractivity contribution in [3.8, 4) is 0 Å². The molecule has 1 aliphatic rings. The van der Waals surface area contributed by atoms with Crippen LogP contribution in [0.4, 0.5) is 10.6 Å². The average molecular weight is 365 g/mol. The Labute approximate surface area is 158 Å². The zero-order valence-corrected chi connectivity index (χ0v) is 17.1. The van der Waals surface area contributed by atoms with Crippen LogP contribution >= 0.6 is 0 Å². The molecule has 26 heavy (non-hydrogen) atoms. The third-order valence-corrected chi connectivity index (χ3v) is 5.00. The molecule has 2 rings (SSSR count). The molecule has 2 amide bonds. The zero-order valence-electron chi connectivity index (χ0n) is 17.1. The normalized spacial score (nSPS) is 17.5. The van der Waals surface area contributed by atoms with E-state index < -0.39 is 0 Å². The molecule has 1 saturated heterocycles. The van der Waals surface area contributed by atoms with Crippen LogP contribution in [0.15, 0.2) is 6.07 Å². The fourth-order valence-corrected chi connectivity index (χ4v) is 3.10. The second-order valence-electron chi connectivity index (χ2n) is 8.01. The van der Waals surface area contributed by atoms with Gasteiger partial charge in [-0.3, -0.25) is 10.00 Å². The number of piperazine rings is 1. The van der Waals surface area contributed by atoms with E-state index >= 15 is 0 Å². The van der Waals surface area contributed by atoms with E-state index in [1.807, 2.05) is 13.1 Å². The first-order chi connectivity index (χ1) is 12.3. The van der Waals surface area contributed by atoms with Crippen LogP contribution in [0, 0.1) is 5.92 Å². The summed E-state index contributed by atoms with van der Waals surface area (Å²) in [4.78, 5) is 17.1. The lowest BCUT2D eigenvalue weighted by Gasteiger charge is -2.32. The lowest BCUT2D eigenvalue weighted by Crippen LogP contribution is -2.46. The highest BCUT2D eigenvalue weighted by molar-refractivity contribution is 5.88. The number of anilines is 1. The Balaban J connectivity index is 1.72. The van der Waals surface area contributed by atoms with Gasteiger partial charge in [-0.05, 0) is 39.2 Å². The molecule has 2 heterocycles. The molecule has 0 saturated carbocycles. The van der Waals surface area contributed by atoms with Crippen molar-refractivity contribution >= 4 is 11.8 Å². The molecule has 0 unspecified atom stereocenters. The van der Waals surface area contributed by atoms with Crippen molar-refractivity contribution in [3.63, 3.8) is 0 Å². The Bertz CT molecular complexity index is 562. The molecule has 1 aromatic rings. The van der Waals surface area contributed by atoms with Crippen LogP contribution < -0.4 is 10.6 Å². The standard InChI is InChI=1S/C19H36N6O/c1-15(2)6-7-17-14-18(24(5)22-17)21-19(26)20-16(3)8-9-25-12-10-23(4)11-13-25/h14-16H,6-13H2,1-5H3,(H2,20,21,26)/t16-/m1/s1. The van der Waals surface area contributed by atoms with E-state index in [0.717, 1.165) is 63.5 Å². The highest BCUT2D eigenvalue weighted by Crippen LogP contribution is 2.13. The van der Waals surface area contributed by atoms with Crippen LogP contribution in [0.2, 0.25) is 0 Å². The first-order valence-electron chi connectivity index (χ1n) is 9.85. The number of aryl methyl sites for hydroxylation is 2. The van der Waals surface area contributed by atoms with Crippen molar-refractivity contribution in [1.29, 1.82) is 0 Å². The molecular formula is C19H36N6O. The first-order valence-corrected chi connectivity index (χ1v) is 9.85. The van der Waals surface area contributed by atoms with Crippen LogP contribution in [-0.4, -0.2) is 71.4 Å². The quantitative estimate of drug-likeness (QED) is 0.742. The summed E-state index contributed by atoms with van der Waals surface area (Å²) < 4.78 is 1.74. The molecule has 7 heteroatoms. The number of likely N-dealkylation sites (N-methyl/N-ethyl adjacent to an activating group) is 1. The number of rotatable bonds is 8. The second-order valence-corrected chi connectivity index (χ2v) is 8.01. The van der Waals surface area contributed by atoms with Crippen LogP contribution in [0.25, 0.3) is 0 Å². The maximum atomic E-state index is 12.3. The topological polar surface area (TPSA) is 65.4 Å². The fourth-order valence-electron chi connectivity index (χ4n) is 3.10. The minimum atomic E-state index is -0.158. The minimum absolute atomic E-state index is 0.142. The average Bonchev–Trinajstić information content (AvgIpc) is 2.92. The van der Waals surface area contributed by atoms with Crippen molar-refractivity contribution in [2.24, 2.45) is 13.0 Å². The third-order valence-electron chi connectivity index (χ3n) is 5.00. The number of urea groups is 1. The Morgan fingerprint density at radius 3 is 2.50 bits per heavy atom. The van der Waals surface area contributed by atoms with Crippen LogP contribution in [0.3, 0.4) is 0 Å². The van der Waals surface area contributed by atoms with Gasteiger partial charge in [0, 0.05) is 51.9 Å². The van der Waals surface area contributed by atoms with Crippen molar-refractivity contribution in [3.05, 3.63) is 11.8 Å². The predicted molar refractivity (Wildman–Crippen MR) is 107 cm³/mol. The van der Waals surface area contributed by atoms with Gasteiger partial charge in [-0.25, -0.2) is 4.79 Å². The van der Waals surface area contributed by atoms with Gasteiger partial charge in [-0.2, -0.15) is 5.10 Å². The van der Waals surface area contributed by atoms with E-state index in [9.17, 15) is 4.79 Å². The van der Waals surface area contributed by atoms with Crippen LogP contribution in [0.5, 0.6) is 0 Å². The molecule has 0 bridgehead atoms. The van der Waals surface area contributed by atoms with Crippen molar-refractivity contribution in [2.45, 2.75) is 46.1 Å². The Morgan fingerprint density at radius 1 is 1.15 bits per heavy atom.